The number of nitro benzene ring substituents is 1. The molecule has 0 bridgehead atoms. The summed E-state index contributed by atoms with van der Waals surface area (Å²) in [4.78, 5) is 21.8. The van der Waals surface area contributed by atoms with Gasteiger partial charge in [0.05, 0.1) is 11.1 Å². The number of nitrogens with one attached hydrogen (secondary N) is 1. The number of halogens is 1. The molecule has 0 aromatic heterocycles. The Morgan fingerprint density at radius 2 is 2.04 bits per heavy atom. The van der Waals surface area contributed by atoms with Gasteiger partial charge < -0.3 is 4.74 Å². The lowest BCUT2D eigenvalue weighted by Gasteiger charge is -2.05. The fourth-order valence-electron chi connectivity index (χ4n) is 1.74. The van der Waals surface area contributed by atoms with Crippen LogP contribution >= 0.6 is 11.6 Å². The summed E-state index contributed by atoms with van der Waals surface area (Å²) >= 11 is 5.71. The number of amides is 1. The van der Waals surface area contributed by atoms with Crippen molar-refractivity contribution >= 4 is 29.4 Å². The molecular formula is C16H14ClN3O4. The van der Waals surface area contributed by atoms with Crippen LogP contribution in [0.5, 0.6) is 5.75 Å². The predicted molar refractivity (Wildman–Crippen MR) is 90.5 cm³/mol. The smallest absolute Gasteiger partial charge is 0.288 e. The Morgan fingerprint density at radius 1 is 1.33 bits per heavy atom. The second-order valence-electron chi connectivity index (χ2n) is 4.86. The van der Waals surface area contributed by atoms with Crippen LogP contribution in [0.3, 0.4) is 0 Å². The molecule has 24 heavy (non-hydrogen) atoms. The lowest BCUT2D eigenvalue weighted by Crippen LogP contribution is -2.24. The van der Waals surface area contributed by atoms with Crippen molar-refractivity contribution in [3.63, 3.8) is 0 Å². The summed E-state index contributed by atoms with van der Waals surface area (Å²) in [6, 6.07) is 11.5. The molecule has 0 fully saturated rings. The maximum atomic E-state index is 11.6. The van der Waals surface area contributed by atoms with Gasteiger partial charge in [0.15, 0.2) is 6.61 Å². The predicted octanol–water partition coefficient (Wildman–Crippen LogP) is 3.09. The molecule has 1 amide bonds. The second-order valence-corrected chi connectivity index (χ2v) is 5.27. The molecule has 0 aliphatic carbocycles. The number of hydrogen-bond donors (Lipinski definition) is 1. The Kier molecular flexibility index (Phi) is 5.86. The van der Waals surface area contributed by atoms with Gasteiger partial charge in [-0.2, -0.15) is 5.10 Å². The molecule has 0 unspecified atom stereocenters. The average molecular weight is 348 g/mol. The van der Waals surface area contributed by atoms with Crippen LogP contribution in [0.1, 0.15) is 11.1 Å². The highest BCUT2D eigenvalue weighted by Crippen LogP contribution is 2.24. The highest BCUT2D eigenvalue weighted by molar-refractivity contribution is 6.32. The number of carbonyl (C=O) groups excluding carboxylic acids is 1. The molecule has 0 aliphatic rings. The van der Waals surface area contributed by atoms with Gasteiger partial charge in [0.2, 0.25) is 0 Å². The van der Waals surface area contributed by atoms with E-state index in [0.29, 0.717) is 11.3 Å². The summed E-state index contributed by atoms with van der Waals surface area (Å²) in [6.07, 6.45) is 1.28. The zero-order chi connectivity index (χ0) is 17.5. The molecule has 7 nitrogen and oxygen atoms in total. The SMILES string of the molecule is Cc1ccc(OCC(=O)N/N=C/c2ccc(Cl)c([N+](=O)[O-])c2)cc1. The van der Waals surface area contributed by atoms with E-state index in [1.54, 1.807) is 18.2 Å². The van der Waals surface area contributed by atoms with Crippen molar-refractivity contribution in [3.05, 3.63) is 68.7 Å². The van der Waals surface area contributed by atoms with Gasteiger partial charge in [-0.3, -0.25) is 14.9 Å². The van der Waals surface area contributed by atoms with Crippen LogP contribution < -0.4 is 10.2 Å². The quantitative estimate of drug-likeness (QED) is 0.493. The van der Waals surface area contributed by atoms with Crippen molar-refractivity contribution in [3.8, 4) is 5.75 Å². The number of hydrazone groups is 1. The molecule has 0 heterocycles. The number of aryl methyl sites for hydroxylation is 1. The fourth-order valence-corrected chi connectivity index (χ4v) is 1.93. The minimum Gasteiger partial charge on any atom is -0.484 e. The fraction of sp³-hybridized carbons (Fsp3) is 0.125. The first-order chi connectivity index (χ1) is 11.5. The molecule has 8 heteroatoms. The first-order valence-corrected chi connectivity index (χ1v) is 7.29. The zero-order valence-electron chi connectivity index (χ0n) is 12.7. The Balaban J connectivity index is 1.87. The van der Waals surface area contributed by atoms with Crippen molar-refractivity contribution in [1.29, 1.82) is 0 Å². The van der Waals surface area contributed by atoms with E-state index in [1.165, 1.54) is 18.3 Å². The van der Waals surface area contributed by atoms with Crippen LogP contribution in [0.15, 0.2) is 47.6 Å². The Morgan fingerprint density at radius 3 is 2.71 bits per heavy atom. The van der Waals surface area contributed by atoms with E-state index in [2.05, 4.69) is 10.5 Å². The van der Waals surface area contributed by atoms with Crippen LogP contribution in [-0.4, -0.2) is 23.7 Å². The molecule has 0 saturated carbocycles. The van der Waals surface area contributed by atoms with Crippen LogP contribution in [0.25, 0.3) is 0 Å². The average Bonchev–Trinajstić information content (AvgIpc) is 2.55. The third kappa shape index (κ3) is 5.06. The van der Waals surface area contributed by atoms with Gasteiger partial charge in [-0.1, -0.05) is 35.4 Å². The third-order valence-electron chi connectivity index (χ3n) is 2.96. The molecule has 1 N–H and O–H groups in total. The van der Waals surface area contributed by atoms with Gasteiger partial charge in [-0.05, 0) is 25.1 Å². The molecule has 0 radical (unpaired) electrons. The molecule has 2 rings (SSSR count). The number of rotatable bonds is 6. The van der Waals surface area contributed by atoms with Crippen molar-refractivity contribution in [2.45, 2.75) is 6.92 Å². The highest BCUT2D eigenvalue weighted by atomic mass is 35.5. The van der Waals surface area contributed by atoms with Crippen LogP contribution in [0, 0.1) is 17.0 Å². The summed E-state index contributed by atoms with van der Waals surface area (Å²) < 4.78 is 5.30. The van der Waals surface area contributed by atoms with E-state index >= 15 is 0 Å². The zero-order valence-corrected chi connectivity index (χ0v) is 13.5. The topological polar surface area (TPSA) is 93.8 Å². The molecule has 2 aromatic rings. The summed E-state index contributed by atoms with van der Waals surface area (Å²) in [6.45, 7) is 1.76. The first kappa shape index (κ1) is 17.4. The number of hydrogen-bond acceptors (Lipinski definition) is 5. The van der Waals surface area contributed by atoms with E-state index < -0.39 is 10.8 Å². The van der Waals surface area contributed by atoms with Gasteiger partial charge in [0.25, 0.3) is 11.6 Å². The lowest BCUT2D eigenvalue weighted by atomic mass is 10.2. The number of nitro groups is 1. The van der Waals surface area contributed by atoms with E-state index in [0.717, 1.165) is 5.56 Å². The normalized spacial score (nSPS) is 10.6. The Labute approximate surface area is 143 Å². The van der Waals surface area contributed by atoms with Gasteiger partial charge in [0.1, 0.15) is 10.8 Å². The van der Waals surface area contributed by atoms with Gasteiger partial charge in [-0.25, -0.2) is 5.43 Å². The molecular weight excluding hydrogens is 334 g/mol. The molecule has 0 spiro atoms. The van der Waals surface area contributed by atoms with Gasteiger partial charge >= 0.3 is 0 Å². The van der Waals surface area contributed by atoms with Crippen LogP contribution in [0.2, 0.25) is 5.02 Å². The number of nitrogens with zero attached hydrogens (tertiary/aromatic N) is 2. The lowest BCUT2D eigenvalue weighted by molar-refractivity contribution is -0.384. The molecule has 2 aromatic carbocycles. The summed E-state index contributed by atoms with van der Waals surface area (Å²) in [7, 11) is 0. The monoisotopic (exact) mass is 347 g/mol. The molecule has 0 atom stereocenters. The minimum absolute atomic E-state index is 0.0349. The van der Waals surface area contributed by atoms with Gasteiger partial charge in [-0.15, -0.1) is 0 Å². The maximum absolute atomic E-state index is 11.6. The van der Waals surface area contributed by atoms with Crippen LogP contribution in [0.4, 0.5) is 5.69 Å². The molecule has 0 saturated heterocycles. The van der Waals surface area contributed by atoms with Gasteiger partial charge in [0, 0.05) is 11.6 Å². The van der Waals surface area contributed by atoms with Crippen molar-refractivity contribution in [2.24, 2.45) is 5.10 Å². The number of ether oxygens (including phenoxy) is 1. The van der Waals surface area contributed by atoms with Crippen molar-refractivity contribution in [1.82, 2.24) is 5.43 Å². The van der Waals surface area contributed by atoms with E-state index in [4.69, 9.17) is 16.3 Å². The largest absolute Gasteiger partial charge is 0.484 e. The standard InChI is InChI=1S/C16H14ClN3O4/c1-11-2-5-13(6-3-11)24-10-16(21)19-18-9-12-4-7-14(17)15(8-12)20(22)23/h2-9H,10H2,1H3,(H,19,21)/b18-9+. The molecule has 0 aliphatic heterocycles. The van der Waals surface area contributed by atoms with Crippen molar-refractivity contribution < 1.29 is 14.5 Å². The number of benzene rings is 2. The molecule has 124 valence electrons. The number of carbonyl (C=O) groups is 1. The highest BCUT2D eigenvalue weighted by Gasteiger charge is 2.11. The second kappa shape index (κ2) is 8.07. The first-order valence-electron chi connectivity index (χ1n) is 6.91. The summed E-state index contributed by atoms with van der Waals surface area (Å²) in [5.41, 5.74) is 3.58. The third-order valence-corrected chi connectivity index (χ3v) is 3.28. The van der Waals surface area contributed by atoms with E-state index in [9.17, 15) is 14.9 Å². The minimum atomic E-state index is -0.590. The van der Waals surface area contributed by atoms with E-state index in [-0.39, 0.29) is 17.3 Å². The summed E-state index contributed by atoms with van der Waals surface area (Å²) in [5.74, 6) is 0.128. The van der Waals surface area contributed by atoms with E-state index in [1.807, 2.05) is 19.1 Å². The Hall–Kier alpha value is -2.93. The Bertz CT molecular complexity index is 775. The van der Waals surface area contributed by atoms with Crippen molar-refractivity contribution in [2.75, 3.05) is 6.61 Å². The maximum Gasteiger partial charge on any atom is 0.288 e. The van der Waals surface area contributed by atoms with Crippen LogP contribution in [-0.2, 0) is 4.79 Å². The summed E-state index contributed by atoms with van der Waals surface area (Å²) in [5, 5.41) is 14.5.